The summed E-state index contributed by atoms with van der Waals surface area (Å²) in [6, 6.07) is 2.23. The number of nitrogens with zero attached hydrogens (tertiary/aromatic N) is 2. The lowest BCUT2D eigenvalue weighted by atomic mass is 10.1. The summed E-state index contributed by atoms with van der Waals surface area (Å²) >= 11 is 0. The van der Waals surface area contributed by atoms with Crippen LogP contribution >= 0.6 is 0 Å². The average Bonchev–Trinajstić information content (AvgIpc) is 2.64. The van der Waals surface area contributed by atoms with Crippen LogP contribution in [0.15, 0.2) is 0 Å². The Morgan fingerprint density at radius 2 is 1.93 bits per heavy atom. The van der Waals surface area contributed by atoms with Gasteiger partial charge in [0.25, 0.3) is 0 Å². The van der Waals surface area contributed by atoms with Crippen molar-refractivity contribution in [1.29, 1.82) is 0 Å². The Hall–Kier alpha value is -0.120. The van der Waals surface area contributed by atoms with Crippen molar-refractivity contribution < 1.29 is 0 Å². The van der Waals surface area contributed by atoms with E-state index in [2.05, 4.69) is 36.0 Å². The van der Waals surface area contributed by atoms with Crippen LogP contribution in [0, 0.1) is 0 Å². The molecule has 0 amide bonds. The predicted molar refractivity (Wildman–Crippen MR) is 59.5 cm³/mol. The Balaban J connectivity index is 1.96. The molecule has 3 heteroatoms. The molecule has 2 fully saturated rings. The van der Waals surface area contributed by atoms with E-state index < -0.39 is 0 Å². The summed E-state index contributed by atoms with van der Waals surface area (Å²) in [6.07, 6.45) is 1.33. The molecule has 0 aromatic rings. The Morgan fingerprint density at radius 1 is 1.14 bits per heavy atom. The molecule has 0 aromatic heterocycles. The van der Waals surface area contributed by atoms with Gasteiger partial charge in [0, 0.05) is 37.8 Å². The average molecular weight is 197 g/mol. The summed E-state index contributed by atoms with van der Waals surface area (Å²) in [4.78, 5) is 5.17. The van der Waals surface area contributed by atoms with Gasteiger partial charge in [0.15, 0.2) is 0 Å². The van der Waals surface area contributed by atoms with E-state index in [1.54, 1.807) is 0 Å². The Morgan fingerprint density at radius 3 is 2.57 bits per heavy atom. The molecule has 0 unspecified atom stereocenters. The van der Waals surface area contributed by atoms with Gasteiger partial charge in [-0.2, -0.15) is 0 Å². The second kappa shape index (κ2) is 4.17. The lowest BCUT2D eigenvalue weighted by Crippen LogP contribution is -2.58. The van der Waals surface area contributed by atoms with Gasteiger partial charge >= 0.3 is 0 Å². The topological polar surface area (TPSA) is 18.5 Å². The van der Waals surface area contributed by atoms with Crippen LogP contribution in [-0.2, 0) is 0 Å². The minimum Gasteiger partial charge on any atom is -0.315 e. The molecule has 2 saturated heterocycles. The smallest absolute Gasteiger partial charge is 0.0236 e. The summed E-state index contributed by atoms with van der Waals surface area (Å²) in [5.74, 6) is 0. The summed E-state index contributed by atoms with van der Waals surface area (Å²) in [5, 5.41) is 3.46. The quantitative estimate of drug-likeness (QED) is 0.655. The fourth-order valence-corrected chi connectivity index (χ4v) is 2.76. The maximum Gasteiger partial charge on any atom is 0.0236 e. The molecule has 0 bridgehead atoms. The molecule has 0 spiro atoms. The molecule has 2 aliphatic rings. The molecule has 82 valence electrons. The van der Waals surface area contributed by atoms with Crippen molar-refractivity contribution in [3.63, 3.8) is 0 Å². The largest absolute Gasteiger partial charge is 0.315 e. The van der Waals surface area contributed by atoms with Crippen molar-refractivity contribution in [2.45, 2.75) is 38.4 Å². The van der Waals surface area contributed by atoms with Gasteiger partial charge in [-0.15, -0.1) is 0 Å². The number of nitrogens with one attached hydrogen (secondary N) is 1. The van der Waals surface area contributed by atoms with E-state index in [4.69, 9.17) is 0 Å². The van der Waals surface area contributed by atoms with Crippen molar-refractivity contribution in [1.82, 2.24) is 15.1 Å². The lowest BCUT2D eigenvalue weighted by molar-refractivity contribution is 0.0339. The minimum absolute atomic E-state index is 0.715. The zero-order valence-electron chi connectivity index (χ0n) is 9.66. The number of likely N-dealkylation sites (N-methyl/N-ethyl adjacent to an activating group) is 1. The third-order valence-electron chi connectivity index (χ3n) is 3.85. The van der Waals surface area contributed by atoms with E-state index in [1.807, 2.05) is 0 Å². The highest BCUT2D eigenvalue weighted by Crippen LogP contribution is 2.19. The van der Waals surface area contributed by atoms with Crippen molar-refractivity contribution >= 4 is 0 Å². The van der Waals surface area contributed by atoms with E-state index in [1.165, 1.54) is 32.6 Å². The van der Waals surface area contributed by atoms with E-state index >= 15 is 0 Å². The molecule has 1 N–H and O–H groups in total. The summed E-state index contributed by atoms with van der Waals surface area (Å²) < 4.78 is 0. The third kappa shape index (κ3) is 1.95. The second-order valence-electron chi connectivity index (χ2n) is 4.98. The number of hydrogen-bond donors (Lipinski definition) is 1. The SMILES string of the molecule is C[C@@H]1CN([C@H]2CCNC2)[C@@H](C)CN1C. The highest BCUT2D eigenvalue weighted by atomic mass is 15.3. The Kier molecular flexibility index (Phi) is 3.10. The van der Waals surface area contributed by atoms with Gasteiger partial charge < -0.3 is 10.2 Å². The predicted octanol–water partition coefficient (Wildman–Crippen LogP) is 0.373. The monoisotopic (exact) mass is 197 g/mol. The number of rotatable bonds is 1. The first-order valence-electron chi connectivity index (χ1n) is 5.85. The van der Waals surface area contributed by atoms with E-state index in [0.717, 1.165) is 12.1 Å². The molecule has 3 nitrogen and oxygen atoms in total. The van der Waals surface area contributed by atoms with E-state index in [9.17, 15) is 0 Å². The molecule has 0 saturated carbocycles. The van der Waals surface area contributed by atoms with Gasteiger partial charge in [0.2, 0.25) is 0 Å². The van der Waals surface area contributed by atoms with Gasteiger partial charge in [-0.3, -0.25) is 4.90 Å². The van der Waals surface area contributed by atoms with Crippen LogP contribution in [0.25, 0.3) is 0 Å². The molecule has 0 aliphatic carbocycles. The molecule has 0 radical (unpaired) electrons. The number of piperazine rings is 1. The Bertz CT molecular complexity index is 189. The summed E-state index contributed by atoms with van der Waals surface area (Å²) in [6.45, 7) is 9.56. The highest BCUT2D eigenvalue weighted by Gasteiger charge is 2.32. The standard InChI is InChI=1S/C11H23N3/c1-9-8-14(10(2)7-13(9)3)11-4-5-12-6-11/h9-12H,4-8H2,1-3H3/t9-,10+,11+/m1/s1. The fraction of sp³-hybridized carbons (Fsp3) is 1.00. The molecule has 2 rings (SSSR count). The first-order valence-corrected chi connectivity index (χ1v) is 5.85. The molecular weight excluding hydrogens is 174 g/mol. The highest BCUT2D eigenvalue weighted by molar-refractivity contribution is 4.90. The Labute approximate surface area is 87.4 Å². The van der Waals surface area contributed by atoms with Crippen molar-refractivity contribution in [3.05, 3.63) is 0 Å². The molecule has 2 aliphatic heterocycles. The molecule has 14 heavy (non-hydrogen) atoms. The minimum atomic E-state index is 0.715. The zero-order chi connectivity index (χ0) is 10.1. The van der Waals surface area contributed by atoms with Crippen LogP contribution in [0.4, 0.5) is 0 Å². The van der Waals surface area contributed by atoms with Gasteiger partial charge in [-0.05, 0) is 33.9 Å². The zero-order valence-corrected chi connectivity index (χ0v) is 9.66. The van der Waals surface area contributed by atoms with Gasteiger partial charge in [0.05, 0.1) is 0 Å². The van der Waals surface area contributed by atoms with Crippen molar-refractivity contribution in [3.8, 4) is 0 Å². The molecular formula is C11H23N3. The number of hydrogen-bond acceptors (Lipinski definition) is 3. The third-order valence-corrected chi connectivity index (χ3v) is 3.85. The van der Waals surface area contributed by atoms with E-state index in [0.29, 0.717) is 6.04 Å². The summed E-state index contributed by atoms with van der Waals surface area (Å²) in [5.41, 5.74) is 0. The van der Waals surface area contributed by atoms with Gasteiger partial charge in [-0.25, -0.2) is 0 Å². The van der Waals surface area contributed by atoms with Crippen LogP contribution in [0.3, 0.4) is 0 Å². The van der Waals surface area contributed by atoms with E-state index in [-0.39, 0.29) is 0 Å². The van der Waals surface area contributed by atoms with Crippen molar-refractivity contribution in [2.24, 2.45) is 0 Å². The maximum absolute atomic E-state index is 3.46. The van der Waals surface area contributed by atoms with Gasteiger partial charge in [0.1, 0.15) is 0 Å². The molecule has 2 heterocycles. The maximum atomic E-state index is 3.46. The van der Waals surface area contributed by atoms with Crippen LogP contribution in [-0.4, -0.2) is 61.2 Å². The second-order valence-corrected chi connectivity index (χ2v) is 4.98. The first-order chi connectivity index (χ1) is 6.68. The lowest BCUT2D eigenvalue weighted by Gasteiger charge is -2.45. The molecule has 0 aromatic carbocycles. The van der Waals surface area contributed by atoms with Gasteiger partial charge in [-0.1, -0.05) is 0 Å². The van der Waals surface area contributed by atoms with Crippen LogP contribution in [0.5, 0.6) is 0 Å². The van der Waals surface area contributed by atoms with Crippen LogP contribution in [0.2, 0.25) is 0 Å². The first kappa shape index (κ1) is 10.4. The normalized spacial score (nSPS) is 41.8. The van der Waals surface area contributed by atoms with Crippen LogP contribution in [0.1, 0.15) is 20.3 Å². The van der Waals surface area contributed by atoms with Crippen LogP contribution < -0.4 is 5.32 Å². The fourth-order valence-electron chi connectivity index (χ4n) is 2.76. The molecule has 3 atom stereocenters. The summed E-state index contributed by atoms with van der Waals surface area (Å²) in [7, 11) is 2.24. The van der Waals surface area contributed by atoms with Crippen molar-refractivity contribution in [2.75, 3.05) is 33.2 Å².